The van der Waals surface area contributed by atoms with Crippen molar-refractivity contribution in [1.82, 2.24) is 19.7 Å². The number of amides is 1. The molecule has 25 heavy (non-hydrogen) atoms. The lowest BCUT2D eigenvalue weighted by atomic mass is 10.0. The molecule has 0 atom stereocenters. The summed E-state index contributed by atoms with van der Waals surface area (Å²) in [4.78, 5) is 30.1. The molecule has 0 fully saturated rings. The zero-order chi connectivity index (χ0) is 18.3. The molecule has 3 heterocycles. The molecule has 0 aromatic carbocycles. The van der Waals surface area contributed by atoms with Crippen molar-refractivity contribution in [3.8, 4) is 0 Å². The first-order valence-electron chi connectivity index (χ1n) is 8.33. The molecule has 8 nitrogen and oxygen atoms in total. The van der Waals surface area contributed by atoms with Crippen LogP contribution in [-0.2, 0) is 19.5 Å². The van der Waals surface area contributed by atoms with E-state index in [1.807, 2.05) is 0 Å². The normalized spacial score (nSPS) is 14.0. The number of rotatable bonds is 4. The fraction of sp³-hybridized carbons (Fsp3) is 0.529. The van der Waals surface area contributed by atoms with Gasteiger partial charge in [-0.15, -0.1) is 0 Å². The minimum atomic E-state index is -1.07. The van der Waals surface area contributed by atoms with E-state index in [1.165, 1.54) is 0 Å². The van der Waals surface area contributed by atoms with Crippen molar-refractivity contribution in [3.63, 3.8) is 0 Å². The highest BCUT2D eigenvalue weighted by Gasteiger charge is 2.32. The first kappa shape index (κ1) is 17.2. The lowest BCUT2D eigenvalue weighted by Crippen LogP contribution is -2.37. The Bertz CT molecular complexity index is 834. The minimum Gasteiger partial charge on any atom is -0.476 e. The Morgan fingerprint density at radius 2 is 2.00 bits per heavy atom. The number of carboxylic acid groups (broad SMARTS) is 1. The Balaban J connectivity index is 1.92. The number of nitrogens with zero attached hydrogens (tertiary/aromatic N) is 4. The molecule has 1 aliphatic heterocycles. The van der Waals surface area contributed by atoms with Crippen molar-refractivity contribution in [1.29, 1.82) is 0 Å². The summed E-state index contributed by atoms with van der Waals surface area (Å²) in [6, 6.07) is 0. The molecule has 1 aliphatic rings. The fourth-order valence-corrected chi connectivity index (χ4v) is 3.21. The molecule has 0 saturated heterocycles. The molecule has 134 valence electrons. The number of hydrogen-bond donors (Lipinski definition) is 1. The molecule has 8 heteroatoms. The summed E-state index contributed by atoms with van der Waals surface area (Å²) in [6.45, 7) is 8.89. The summed E-state index contributed by atoms with van der Waals surface area (Å²) < 4.78 is 7.11. The maximum atomic E-state index is 12.7. The number of hydrogen-bond acceptors (Lipinski definition) is 5. The molecule has 3 rings (SSSR count). The fourth-order valence-electron chi connectivity index (χ4n) is 3.21. The number of aromatic carboxylic acids is 1. The van der Waals surface area contributed by atoms with Gasteiger partial charge < -0.3 is 14.4 Å². The Morgan fingerprint density at radius 1 is 1.28 bits per heavy atom. The molecule has 0 spiro atoms. The van der Waals surface area contributed by atoms with Crippen molar-refractivity contribution in [2.75, 3.05) is 6.54 Å². The first-order valence-corrected chi connectivity index (χ1v) is 8.33. The summed E-state index contributed by atoms with van der Waals surface area (Å²) in [5, 5.41) is 13.7. The van der Waals surface area contributed by atoms with Gasteiger partial charge in [0, 0.05) is 37.7 Å². The standard InChI is InChI=1S/C17H22N4O4/c1-9(2)7-21-13-5-6-20(8-12(13)15(19-21)17(23)24)16(22)14-10(3)25-11(4)18-14/h9H,5-8H2,1-4H3,(H,23,24). The van der Waals surface area contributed by atoms with Crippen LogP contribution in [0.4, 0.5) is 0 Å². The largest absolute Gasteiger partial charge is 0.476 e. The van der Waals surface area contributed by atoms with Crippen molar-refractivity contribution < 1.29 is 19.1 Å². The summed E-state index contributed by atoms with van der Waals surface area (Å²) in [7, 11) is 0. The monoisotopic (exact) mass is 346 g/mol. The van der Waals surface area contributed by atoms with Crippen LogP contribution in [-0.4, -0.2) is 43.2 Å². The zero-order valence-corrected chi connectivity index (χ0v) is 14.9. The number of fused-ring (bicyclic) bond motifs is 1. The average Bonchev–Trinajstić information content (AvgIpc) is 3.06. The van der Waals surface area contributed by atoms with E-state index >= 15 is 0 Å². The summed E-state index contributed by atoms with van der Waals surface area (Å²) in [5.41, 5.74) is 1.84. The SMILES string of the molecule is Cc1nc(C(=O)N2CCc3c(c(C(=O)O)nn3CC(C)C)C2)c(C)o1. The smallest absolute Gasteiger partial charge is 0.356 e. The van der Waals surface area contributed by atoms with Gasteiger partial charge in [-0.3, -0.25) is 9.48 Å². The summed E-state index contributed by atoms with van der Waals surface area (Å²) in [6.07, 6.45) is 0.573. The molecule has 1 amide bonds. The van der Waals surface area contributed by atoms with E-state index < -0.39 is 5.97 Å². The van der Waals surface area contributed by atoms with Crippen LogP contribution in [0.5, 0.6) is 0 Å². The lowest BCUT2D eigenvalue weighted by molar-refractivity contribution is 0.0672. The predicted octanol–water partition coefficient (Wildman–Crippen LogP) is 2.04. The molecule has 2 aromatic rings. The van der Waals surface area contributed by atoms with Gasteiger partial charge >= 0.3 is 5.97 Å². The molecule has 0 aliphatic carbocycles. The third-order valence-corrected chi connectivity index (χ3v) is 4.27. The van der Waals surface area contributed by atoms with Crippen LogP contribution in [0.2, 0.25) is 0 Å². The number of carboxylic acids is 1. The zero-order valence-electron chi connectivity index (χ0n) is 14.9. The number of oxazole rings is 1. The van der Waals surface area contributed by atoms with Crippen molar-refractivity contribution >= 4 is 11.9 Å². The van der Waals surface area contributed by atoms with Gasteiger partial charge in [0.15, 0.2) is 17.3 Å². The molecule has 2 aromatic heterocycles. The van der Waals surface area contributed by atoms with E-state index in [9.17, 15) is 14.7 Å². The van der Waals surface area contributed by atoms with Crippen molar-refractivity contribution in [2.24, 2.45) is 5.92 Å². The number of aromatic nitrogens is 3. The van der Waals surface area contributed by atoms with Crippen LogP contribution < -0.4 is 0 Å². The molecule has 0 bridgehead atoms. The van der Waals surface area contributed by atoms with E-state index in [4.69, 9.17) is 4.42 Å². The highest BCUT2D eigenvalue weighted by atomic mass is 16.4. The maximum absolute atomic E-state index is 12.7. The highest BCUT2D eigenvalue weighted by Crippen LogP contribution is 2.25. The molecule has 0 radical (unpaired) electrons. The first-order chi connectivity index (χ1) is 11.8. The Morgan fingerprint density at radius 3 is 2.56 bits per heavy atom. The van der Waals surface area contributed by atoms with Gasteiger partial charge in [-0.2, -0.15) is 5.10 Å². The van der Waals surface area contributed by atoms with Gasteiger partial charge in [-0.05, 0) is 12.8 Å². The predicted molar refractivity (Wildman–Crippen MR) is 88.4 cm³/mol. The molecular formula is C17H22N4O4. The summed E-state index contributed by atoms with van der Waals surface area (Å²) in [5.74, 6) is -0.0442. The lowest BCUT2D eigenvalue weighted by Gasteiger charge is -2.27. The van der Waals surface area contributed by atoms with E-state index in [1.54, 1.807) is 23.4 Å². The van der Waals surface area contributed by atoms with E-state index in [-0.39, 0.29) is 23.8 Å². The van der Waals surface area contributed by atoms with E-state index in [0.717, 1.165) is 5.69 Å². The molecular weight excluding hydrogens is 324 g/mol. The third kappa shape index (κ3) is 3.16. The van der Waals surface area contributed by atoms with Crippen LogP contribution >= 0.6 is 0 Å². The van der Waals surface area contributed by atoms with Crippen molar-refractivity contribution in [3.05, 3.63) is 34.3 Å². The van der Waals surface area contributed by atoms with Gasteiger partial charge in [0.25, 0.3) is 5.91 Å². The highest BCUT2D eigenvalue weighted by molar-refractivity contribution is 5.94. The minimum absolute atomic E-state index is 0.0289. The number of carbonyl (C=O) groups is 2. The van der Waals surface area contributed by atoms with Gasteiger partial charge in [0.1, 0.15) is 5.76 Å². The average molecular weight is 346 g/mol. The van der Waals surface area contributed by atoms with Crippen LogP contribution in [0, 0.1) is 19.8 Å². The Hall–Kier alpha value is -2.64. The van der Waals surface area contributed by atoms with Gasteiger partial charge in [0.05, 0.1) is 6.54 Å². The summed E-state index contributed by atoms with van der Waals surface area (Å²) >= 11 is 0. The second kappa shape index (κ2) is 6.34. The third-order valence-electron chi connectivity index (χ3n) is 4.27. The Labute approximate surface area is 145 Å². The van der Waals surface area contributed by atoms with Crippen LogP contribution in [0.3, 0.4) is 0 Å². The van der Waals surface area contributed by atoms with Crippen LogP contribution in [0.25, 0.3) is 0 Å². The van der Waals surface area contributed by atoms with Crippen molar-refractivity contribution in [2.45, 2.75) is 47.2 Å². The van der Waals surface area contributed by atoms with Gasteiger partial charge in [-0.25, -0.2) is 9.78 Å². The van der Waals surface area contributed by atoms with E-state index in [2.05, 4.69) is 23.9 Å². The number of aryl methyl sites for hydroxylation is 2. The van der Waals surface area contributed by atoms with E-state index in [0.29, 0.717) is 42.6 Å². The topological polar surface area (TPSA) is 101 Å². The van der Waals surface area contributed by atoms with Crippen LogP contribution in [0.1, 0.15) is 57.7 Å². The molecule has 1 N–H and O–H groups in total. The maximum Gasteiger partial charge on any atom is 0.356 e. The second-order valence-corrected chi connectivity index (χ2v) is 6.77. The quantitative estimate of drug-likeness (QED) is 0.909. The second-order valence-electron chi connectivity index (χ2n) is 6.77. The molecule has 0 saturated carbocycles. The van der Waals surface area contributed by atoms with Gasteiger partial charge in [0.2, 0.25) is 0 Å². The number of carbonyl (C=O) groups excluding carboxylic acids is 1. The van der Waals surface area contributed by atoms with Crippen LogP contribution in [0.15, 0.2) is 4.42 Å². The molecule has 0 unspecified atom stereocenters. The Kier molecular flexibility index (Phi) is 4.36. The van der Waals surface area contributed by atoms with Gasteiger partial charge in [-0.1, -0.05) is 13.8 Å².